The topological polar surface area (TPSA) is 21.3 Å². The standard InChI is InChI=1S/C17H21NO/c1-13(2)18-12-15-7-5-9-17(11-15)19-16-8-4-6-14(3)10-16/h4-11,13,18H,12H2,1-3H3. The molecule has 0 aliphatic heterocycles. The maximum Gasteiger partial charge on any atom is 0.127 e. The highest BCUT2D eigenvalue weighted by molar-refractivity contribution is 5.35. The molecule has 2 rings (SSSR count). The molecule has 0 saturated carbocycles. The molecular weight excluding hydrogens is 234 g/mol. The third-order valence-electron chi connectivity index (χ3n) is 2.84. The molecule has 0 atom stereocenters. The Balaban J connectivity index is 2.06. The van der Waals surface area contributed by atoms with Crippen LogP contribution in [-0.2, 0) is 6.54 Å². The Morgan fingerprint density at radius 2 is 1.68 bits per heavy atom. The summed E-state index contributed by atoms with van der Waals surface area (Å²) in [4.78, 5) is 0. The lowest BCUT2D eigenvalue weighted by molar-refractivity contribution is 0.480. The van der Waals surface area contributed by atoms with Gasteiger partial charge in [-0.15, -0.1) is 0 Å². The molecule has 0 heterocycles. The van der Waals surface area contributed by atoms with Gasteiger partial charge in [0.05, 0.1) is 0 Å². The zero-order chi connectivity index (χ0) is 13.7. The van der Waals surface area contributed by atoms with Gasteiger partial charge in [-0.25, -0.2) is 0 Å². The van der Waals surface area contributed by atoms with E-state index in [4.69, 9.17) is 4.74 Å². The van der Waals surface area contributed by atoms with Crippen molar-refractivity contribution < 1.29 is 4.74 Å². The molecule has 0 spiro atoms. The fourth-order valence-corrected chi connectivity index (χ4v) is 1.86. The molecule has 0 aromatic heterocycles. The maximum atomic E-state index is 5.88. The first-order valence-electron chi connectivity index (χ1n) is 6.70. The Bertz CT molecular complexity index is 534. The summed E-state index contributed by atoms with van der Waals surface area (Å²) in [6.07, 6.45) is 0. The zero-order valence-corrected chi connectivity index (χ0v) is 11.8. The first-order chi connectivity index (χ1) is 9.13. The van der Waals surface area contributed by atoms with E-state index >= 15 is 0 Å². The summed E-state index contributed by atoms with van der Waals surface area (Å²) >= 11 is 0. The molecule has 2 aromatic rings. The van der Waals surface area contributed by atoms with Crippen LogP contribution in [0.5, 0.6) is 11.5 Å². The Morgan fingerprint density at radius 1 is 1.00 bits per heavy atom. The van der Waals surface area contributed by atoms with Crippen LogP contribution in [-0.4, -0.2) is 6.04 Å². The van der Waals surface area contributed by atoms with Crippen LogP contribution in [0.2, 0.25) is 0 Å². The van der Waals surface area contributed by atoms with Crippen molar-refractivity contribution in [1.29, 1.82) is 0 Å². The van der Waals surface area contributed by atoms with Crippen LogP contribution in [0.25, 0.3) is 0 Å². The highest BCUT2D eigenvalue weighted by Gasteiger charge is 2.00. The van der Waals surface area contributed by atoms with E-state index < -0.39 is 0 Å². The van der Waals surface area contributed by atoms with Crippen molar-refractivity contribution in [2.24, 2.45) is 0 Å². The molecule has 0 radical (unpaired) electrons. The number of hydrogen-bond acceptors (Lipinski definition) is 2. The summed E-state index contributed by atoms with van der Waals surface area (Å²) in [5.74, 6) is 1.77. The fourth-order valence-electron chi connectivity index (χ4n) is 1.86. The summed E-state index contributed by atoms with van der Waals surface area (Å²) in [6, 6.07) is 16.8. The van der Waals surface area contributed by atoms with Gasteiger partial charge in [0, 0.05) is 12.6 Å². The van der Waals surface area contributed by atoms with Crippen molar-refractivity contribution in [3.8, 4) is 11.5 Å². The molecular formula is C17H21NO. The van der Waals surface area contributed by atoms with Crippen molar-refractivity contribution in [1.82, 2.24) is 5.32 Å². The Labute approximate surface area is 115 Å². The number of nitrogens with one attached hydrogen (secondary N) is 1. The highest BCUT2D eigenvalue weighted by Crippen LogP contribution is 2.22. The third kappa shape index (κ3) is 4.42. The van der Waals surface area contributed by atoms with E-state index in [0.717, 1.165) is 18.0 Å². The lowest BCUT2D eigenvalue weighted by Gasteiger charge is -2.10. The molecule has 1 N–H and O–H groups in total. The second-order valence-electron chi connectivity index (χ2n) is 5.10. The van der Waals surface area contributed by atoms with Gasteiger partial charge in [0.25, 0.3) is 0 Å². The molecule has 2 aromatic carbocycles. The minimum atomic E-state index is 0.487. The van der Waals surface area contributed by atoms with E-state index in [9.17, 15) is 0 Å². The number of benzene rings is 2. The largest absolute Gasteiger partial charge is 0.457 e. The van der Waals surface area contributed by atoms with E-state index in [2.05, 4.69) is 44.3 Å². The van der Waals surface area contributed by atoms with E-state index in [1.54, 1.807) is 0 Å². The quantitative estimate of drug-likeness (QED) is 0.860. The number of ether oxygens (including phenoxy) is 1. The van der Waals surface area contributed by atoms with Crippen LogP contribution in [0.3, 0.4) is 0 Å². The Kier molecular flexibility index (Phi) is 4.58. The van der Waals surface area contributed by atoms with Crippen molar-refractivity contribution >= 4 is 0 Å². The van der Waals surface area contributed by atoms with Gasteiger partial charge >= 0.3 is 0 Å². The smallest absolute Gasteiger partial charge is 0.127 e. The van der Waals surface area contributed by atoms with E-state index in [1.807, 2.05) is 30.3 Å². The molecule has 0 aliphatic carbocycles. The molecule has 0 bridgehead atoms. The highest BCUT2D eigenvalue weighted by atomic mass is 16.5. The van der Waals surface area contributed by atoms with Gasteiger partial charge in [-0.2, -0.15) is 0 Å². The summed E-state index contributed by atoms with van der Waals surface area (Å²) in [5.41, 5.74) is 2.44. The predicted molar refractivity (Wildman–Crippen MR) is 79.7 cm³/mol. The second kappa shape index (κ2) is 6.39. The van der Waals surface area contributed by atoms with Crippen LogP contribution in [0, 0.1) is 6.92 Å². The van der Waals surface area contributed by atoms with Gasteiger partial charge in [0.2, 0.25) is 0 Å². The molecule has 0 fully saturated rings. The van der Waals surface area contributed by atoms with Gasteiger partial charge in [-0.1, -0.05) is 38.1 Å². The average molecular weight is 255 g/mol. The lowest BCUT2D eigenvalue weighted by Crippen LogP contribution is -2.21. The maximum absolute atomic E-state index is 5.88. The van der Waals surface area contributed by atoms with Crippen LogP contribution < -0.4 is 10.1 Å². The number of rotatable bonds is 5. The first kappa shape index (κ1) is 13.6. The minimum Gasteiger partial charge on any atom is -0.457 e. The van der Waals surface area contributed by atoms with Gasteiger partial charge in [-0.3, -0.25) is 0 Å². The zero-order valence-electron chi connectivity index (χ0n) is 11.8. The molecule has 0 saturated heterocycles. The van der Waals surface area contributed by atoms with E-state index in [0.29, 0.717) is 6.04 Å². The van der Waals surface area contributed by atoms with E-state index in [1.165, 1.54) is 11.1 Å². The number of hydrogen-bond donors (Lipinski definition) is 1. The Morgan fingerprint density at radius 3 is 2.37 bits per heavy atom. The molecule has 0 amide bonds. The van der Waals surface area contributed by atoms with Crippen LogP contribution in [0.15, 0.2) is 48.5 Å². The molecule has 2 nitrogen and oxygen atoms in total. The third-order valence-corrected chi connectivity index (χ3v) is 2.84. The summed E-state index contributed by atoms with van der Waals surface area (Å²) < 4.78 is 5.88. The van der Waals surface area contributed by atoms with Gasteiger partial charge in [0.1, 0.15) is 11.5 Å². The molecule has 2 heteroatoms. The van der Waals surface area contributed by atoms with Crippen LogP contribution in [0.4, 0.5) is 0 Å². The normalized spacial score (nSPS) is 10.7. The Hall–Kier alpha value is -1.80. The number of aryl methyl sites for hydroxylation is 1. The predicted octanol–water partition coefficient (Wildman–Crippen LogP) is 4.29. The molecule has 100 valence electrons. The fraction of sp³-hybridized carbons (Fsp3) is 0.294. The first-order valence-corrected chi connectivity index (χ1v) is 6.70. The summed E-state index contributed by atoms with van der Waals surface area (Å²) in [6.45, 7) is 7.22. The van der Waals surface area contributed by atoms with Crippen LogP contribution >= 0.6 is 0 Å². The minimum absolute atomic E-state index is 0.487. The van der Waals surface area contributed by atoms with Crippen molar-refractivity contribution in [2.75, 3.05) is 0 Å². The van der Waals surface area contributed by atoms with Gasteiger partial charge in [-0.05, 0) is 42.3 Å². The monoisotopic (exact) mass is 255 g/mol. The molecule has 19 heavy (non-hydrogen) atoms. The van der Waals surface area contributed by atoms with Crippen LogP contribution in [0.1, 0.15) is 25.0 Å². The van der Waals surface area contributed by atoms with Gasteiger partial charge in [0.15, 0.2) is 0 Å². The average Bonchev–Trinajstić information content (AvgIpc) is 2.37. The van der Waals surface area contributed by atoms with Crippen molar-refractivity contribution in [2.45, 2.75) is 33.4 Å². The van der Waals surface area contributed by atoms with Gasteiger partial charge < -0.3 is 10.1 Å². The molecule has 0 unspecified atom stereocenters. The van der Waals surface area contributed by atoms with E-state index in [-0.39, 0.29) is 0 Å². The SMILES string of the molecule is Cc1cccc(Oc2cccc(CNC(C)C)c2)c1. The second-order valence-corrected chi connectivity index (χ2v) is 5.10. The van der Waals surface area contributed by atoms with Crippen molar-refractivity contribution in [3.63, 3.8) is 0 Å². The lowest BCUT2D eigenvalue weighted by atomic mass is 10.2. The molecule has 0 aliphatic rings. The summed E-state index contributed by atoms with van der Waals surface area (Å²) in [7, 11) is 0. The summed E-state index contributed by atoms with van der Waals surface area (Å²) in [5, 5.41) is 3.41. The van der Waals surface area contributed by atoms with Crippen molar-refractivity contribution in [3.05, 3.63) is 59.7 Å².